The smallest absolute Gasteiger partial charge is 0.375 e. The Morgan fingerprint density at radius 2 is 1.83 bits per heavy atom. The number of benzene rings is 1. The highest BCUT2D eigenvalue weighted by atomic mass is 32.1. The summed E-state index contributed by atoms with van der Waals surface area (Å²) < 4.78 is 38.1. The largest absolute Gasteiger partial charge is 0.427 e. The average molecular weight is 272 g/mol. The third-order valence-corrected chi connectivity index (χ3v) is 3.08. The zero-order chi connectivity index (χ0) is 13.3. The fourth-order valence-electron chi connectivity index (χ4n) is 1.41. The number of hydrogen-bond acceptors (Lipinski definition) is 4. The molecule has 94 valence electrons. The van der Waals surface area contributed by atoms with Crippen LogP contribution >= 0.6 is 11.3 Å². The zero-order valence-corrected chi connectivity index (χ0v) is 9.68. The van der Waals surface area contributed by atoms with Crippen LogP contribution in [0.25, 0.3) is 0 Å². The molecular formula is C11H7F3N2OS. The van der Waals surface area contributed by atoms with E-state index in [0.29, 0.717) is 0 Å². The Morgan fingerprint density at radius 3 is 2.39 bits per heavy atom. The summed E-state index contributed by atoms with van der Waals surface area (Å²) >= 11 is 0.265. The maximum atomic E-state index is 12.7. The lowest BCUT2D eigenvalue weighted by Gasteiger charge is -2.05. The molecule has 2 rings (SSSR count). The summed E-state index contributed by atoms with van der Waals surface area (Å²) in [4.78, 5) is 14.3. The third-order valence-electron chi connectivity index (χ3n) is 2.15. The van der Waals surface area contributed by atoms with Crippen molar-refractivity contribution < 1.29 is 18.0 Å². The molecule has 1 aromatic carbocycles. The number of alkyl halides is 3. The summed E-state index contributed by atoms with van der Waals surface area (Å²) in [6.07, 6.45) is -4.63. The Morgan fingerprint density at radius 1 is 1.22 bits per heavy atom. The fraction of sp³-hybridized carbons (Fsp3) is 0.0909. The minimum Gasteiger partial charge on any atom is -0.375 e. The third kappa shape index (κ3) is 2.35. The van der Waals surface area contributed by atoms with E-state index >= 15 is 0 Å². The minimum atomic E-state index is -4.63. The molecule has 0 amide bonds. The van der Waals surface area contributed by atoms with E-state index in [9.17, 15) is 18.0 Å². The summed E-state index contributed by atoms with van der Waals surface area (Å²) in [5.41, 5.74) is 4.75. The highest BCUT2D eigenvalue weighted by Gasteiger charge is 2.39. The molecule has 0 aliphatic carbocycles. The van der Waals surface area contributed by atoms with Gasteiger partial charge >= 0.3 is 6.18 Å². The molecule has 2 aromatic rings. The van der Waals surface area contributed by atoms with Gasteiger partial charge in [0.25, 0.3) is 0 Å². The second-order valence-electron chi connectivity index (χ2n) is 3.42. The van der Waals surface area contributed by atoms with Crippen molar-refractivity contribution >= 4 is 22.3 Å². The van der Waals surface area contributed by atoms with Crippen LogP contribution in [0.15, 0.2) is 30.3 Å². The molecule has 3 nitrogen and oxygen atoms in total. The number of hydrogen-bond donors (Lipinski definition) is 1. The van der Waals surface area contributed by atoms with Gasteiger partial charge in [0.15, 0.2) is 5.13 Å². The fourth-order valence-corrected chi connectivity index (χ4v) is 2.11. The summed E-state index contributed by atoms with van der Waals surface area (Å²) in [6.45, 7) is 0. The van der Waals surface area contributed by atoms with Gasteiger partial charge in [-0.25, -0.2) is 4.98 Å². The lowest BCUT2D eigenvalue weighted by Crippen LogP contribution is -2.11. The van der Waals surface area contributed by atoms with Crippen LogP contribution in [-0.4, -0.2) is 10.8 Å². The van der Waals surface area contributed by atoms with Crippen LogP contribution in [0.2, 0.25) is 0 Å². The number of carbonyl (C=O) groups excluding carboxylic acids is 1. The van der Waals surface area contributed by atoms with Gasteiger partial charge in [-0.1, -0.05) is 41.7 Å². The Balaban J connectivity index is 2.49. The van der Waals surface area contributed by atoms with Crippen molar-refractivity contribution in [3.05, 3.63) is 46.5 Å². The van der Waals surface area contributed by atoms with Crippen LogP contribution < -0.4 is 5.73 Å². The lowest BCUT2D eigenvalue weighted by atomic mass is 10.1. The maximum absolute atomic E-state index is 12.7. The summed E-state index contributed by atoms with van der Waals surface area (Å²) in [5.74, 6) is -0.782. The Kier molecular flexibility index (Phi) is 3.08. The second kappa shape index (κ2) is 4.41. The van der Waals surface area contributed by atoms with Crippen LogP contribution in [0.4, 0.5) is 18.3 Å². The first-order chi connectivity index (χ1) is 8.39. The van der Waals surface area contributed by atoms with E-state index in [2.05, 4.69) is 4.98 Å². The molecule has 0 saturated heterocycles. The van der Waals surface area contributed by atoms with Crippen LogP contribution in [0.5, 0.6) is 0 Å². The molecule has 0 atom stereocenters. The number of nitrogen functional groups attached to an aromatic ring is 1. The predicted octanol–water partition coefficient (Wildman–Crippen LogP) is 2.98. The van der Waals surface area contributed by atoms with E-state index in [1.165, 1.54) is 12.1 Å². The first kappa shape index (κ1) is 12.6. The van der Waals surface area contributed by atoms with Gasteiger partial charge in [0, 0.05) is 5.56 Å². The summed E-state index contributed by atoms with van der Waals surface area (Å²) in [6, 6.07) is 7.65. The van der Waals surface area contributed by atoms with Crippen molar-refractivity contribution in [1.29, 1.82) is 0 Å². The van der Waals surface area contributed by atoms with Gasteiger partial charge in [-0.2, -0.15) is 13.2 Å². The van der Waals surface area contributed by atoms with Crippen LogP contribution in [-0.2, 0) is 6.18 Å². The van der Waals surface area contributed by atoms with Crippen molar-refractivity contribution in [3.8, 4) is 0 Å². The molecule has 0 aliphatic heterocycles. The van der Waals surface area contributed by atoms with Crippen LogP contribution in [0, 0.1) is 0 Å². The van der Waals surface area contributed by atoms with Gasteiger partial charge in [0.2, 0.25) is 5.78 Å². The molecule has 2 N–H and O–H groups in total. The molecule has 0 radical (unpaired) electrons. The zero-order valence-electron chi connectivity index (χ0n) is 8.86. The van der Waals surface area contributed by atoms with E-state index < -0.39 is 22.5 Å². The number of carbonyl (C=O) groups is 1. The quantitative estimate of drug-likeness (QED) is 0.855. The molecule has 7 heteroatoms. The van der Waals surface area contributed by atoms with Gasteiger partial charge in [0.05, 0.1) is 0 Å². The molecule has 0 unspecified atom stereocenters. The van der Waals surface area contributed by atoms with Crippen molar-refractivity contribution in [1.82, 2.24) is 4.98 Å². The number of rotatable bonds is 2. The molecular weight excluding hydrogens is 265 g/mol. The van der Waals surface area contributed by atoms with Crippen molar-refractivity contribution in [3.63, 3.8) is 0 Å². The molecule has 0 saturated carbocycles. The van der Waals surface area contributed by atoms with Gasteiger partial charge in [-0.15, -0.1) is 0 Å². The van der Waals surface area contributed by atoms with Gasteiger partial charge in [-0.3, -0.25) is 4.79 Å². The van der Waals surface area contributed by atoms with Gasteiger partial charge in [-0.05, 0) is 0 Å². The van der Waals surface area contributed by atoms with Crippen molar-refractivity contribution in [2.45, 2.75) is 6.18 Å². The standard InChI is InChI=1S/C11H7F3N2OS/c12-11(13,14)9-7(16-10(15)18-9)8(17)6-4-2-1-3-5-6/h1-5H,(H2,15,16). The Bertz CT molecular complexity index is 578. The number of nitrogens with two attached hydrogens (primary N) is 1. The van der Waals surface area contributed by atoms with Gasteiger partial charge < -0.3 is 5.73 Å². The average Bonchev–Trinajstić information content (AvgIpc) is 2.71. The monoisotopic (exact) mass is 272 g/mol. The SMILES string of the molecule is Nc1nc(C(=O)c2ccccc2)c(C(F)(F)F)s1. The highest BCUT2D eigenvalue weighted by Crippen LogP contribution is 2.38. The lowest BCUT2D eigenvalue weighted by molar-refractivity contribution is -0.134. The minimum absolute atomic E-state index is 0.147. The number of anilines is 1. The highest BCUT2D eigenvalue weighted by molar-refractivity contribution is 7.15. The molecule has 0 fully saturated rings. The number of aromatic nitrogens is 1. The Labute approximate surface area is 104 Å². The molecule has 0 spiro atoms. The van der Waals surface area contributed by atoms with E-state index in [0.717, 1.165) is 0 Å². The summed E-state index contributed by atoms with van der Waals surface area (Å²) in [5, 5.41) is -0.276. The first-order valence-corrected chi connectivity index (χ1v) is 5.64. The maximum Gasteiger partial charge on any atom is 0.427 e. The normalized spacial score (nSPS) is 11.5. The predicted molar refractivity (Wildman–Crippen MR) is 61.4 cm³/mol. The number of nitrogens with zero attached hydrogens (tertiary/aromatic N) is 1. The van der Waals surface area contributed by atoms with Crippen molar-refractivity contribution in [2.75, 3.05) is 5.73 Å². The van der Waals surface area contributed by atoms with E-state index in [-0.39, 0.29) is 22.0 Å². The Hall–Kier alpha value is -1.89. The molecule has 0 aliphatic rings. The van der Waals surface area contributed by atoms with E-state index in [1.807, 2.05) is 0 Å². The van der Waals surface area contributed by atoms with E-state index in [1.54, 1.807) is 18.2 Å². The first-order valence-electron chi connectivity index (χ1n) is 4.83. The van der Waals surface area contributed by atoms with Crippen LogP contribution in [0.3, 0.4) is 0 Å². The van der Waals surface area contributed by atoms with Gasteiger partial charge in [0.1, 0.15) is 10.6 Å². The number of halogens is 3. The molecule has 1 aromatic heterocycles. The van der Waals surface area contributed by atoms with Crippen LogP contribution in [0.1, 0.15) is 20.9 Å². The van der Waals surface area contributed by atoms with E-state index in [4.69, 9.17) is 5.73 Å². The molecule has 0 bridgehead atoms. The molecule has 1 heterocycles. The van der Waals surface area contributed by atoms with Crippen molar-refractivity contribution in [2.24, 2.45) is 0 Å². The topological polar surface area (TPSA) is 56.0 Å². The second-order valence-corrected chi connectivity index (χ2v) is 4.45. The molecule has 18 heavy (non-hydrogen) atoms. The number of thiazole rings is 1. The number of ketones is 1. The summed E-state index contributed by atoms with van der Waals surface area (Å²) in [7, 11) is 0.